The Morgan fingerprint density at radius 2 is 2.15 bits per heavy atom. The van der Waals surface area contributed by atoms with Crippen molar-refractivity contribution in [3.8, 4) is 5.75 Å². The molecule has 1 aromatic carbocycles. The first-order valence-corrected chi connectivity index (χ1v) is 7.69. The molecule has 0 atom stereocenters. The van der Waals surface area contributed by atoms with Gasteiger partial charge in [-0.2, -0.15) is 0 Å². The first-order chi connectivity index (χ1) is 9.74. The topological polar surface area (TPSA) is 29.5 Å². The standard InChI is InChI=1S/C15H14ClNO2S/c16-15-7-6-14(20-15)12(18)10-17-8-3-9-19-13-5-2-1-4-11(13)17/h1-2,4-7H,3,8-10H2. The van der Waals surface area contributed by atoms with E-state index in [0.29, 0.717) is 22.4 Å². The number of rotatable bonds is 3. The Kier molecular flexibility index (Phi) is 3.94. The highest BCUT2D eigenvalue weighted by atomic mass is 35.5. The normalized spacial score (nSPS) is 14.3. The molecule has 0 aliphatic carbocycles. The first kappa shape index (κ1) is 13.5. The second-order valence-corrected chi connectivity index (χ2v) is 6.33. The van der Waals surface area contributed by atoms with E-state index in [1.807, 2.05) is 24.3 Å². The zero-order valence-electron chi connectivity index (χ0n) is 10.8. The van der Waals surface area contributed by atoms with Crippen molar-refractivity contribution in [3.05, 3.63) is 45.6 Å². The van der Waals surface area contributed by atoms with Crippen molar-refractivity contribution >= 4 is 34.4 Å². The van der Waals surface area contributed by atoms with E-state index in [1.54, 1.807) is 12.1 Å². The van der Waals surface area contributed by atoms with Gasteiger partial charge in [0.15, 0.2) is 5.78 Å². The number of para-hydroxylation sites is 2. The van der Waals surface area contributed by atoms with Crippen LogP contribution in [-0.4, -0.2) is 25.5 Å². The number of Topliss-reactive ketones (excluding diaryl/α,β-unsaturated/α-hetero) is 1. The molecule has 0 amide bonds. The summed E-state index contributed by atoms with van der Waals surface area (Å²) in [4.78, 5) is 15.1. The summed E-state index contributed by atoms with van der Waals surface area (Å²) in [5, 5.41) is 0. The van der Waals surface area contributed by atoms with E-state index in [2.05, 4.69) is 4.90 Å². The van der Waals surface area contributed by atoms with E-state index < -0.39 is 0 Å². The van der Waals surface area contributed by atoms with Gasteiger partial charge in [0, 0.05) is 6.54 Å². The molecule has 1 aliphatic rings. The molecule has 104 valence electrons. The summed E-state index contributed by atoms with van der Waals surface area (Å²) in [5.41, 5.74) is 0.987. The average molecular weight is 308 g/mol. The summed E-state index contributed by atoms with van der Waals surface area (Å²) < 4.78 is 6.34. The van der Waals surface area contributed by atoms with Crippen molar-refractivity contribution in [1.29, 1.82) is 0 Å². The van der Waals surface area contributed by atoms with E-state index in [9.17, 15) is 4.79 Å². The number of ether oxygens (including phenoxy) is 1. The molecule has 3 nitrogen and oxygen atoms in total. The maximum absolute atomic E-state index is 12.3. The van der Waals surface area contributed by atoms with Gasteiger partial charge in [-0.1, -0.05) is 23.7 Å². The number of benzene rings is 1. The minimum Gasteiger partial charge on any atom is -0.491 e. The molecule has 2 aromatic rings. The second kappa shape index (κ2) is 5.85. The molecule has 0 unspecified atom stereocenters. The molecule has 0 radical (unpaired) electrons. The van der Waals surface area contributed by atoms with E-state index in [0.717, 1.165) is 24.4 Å². The lowest BCUT2D eigenvalue weighted by Gasteiger charge is -2.22. The SMILES string of the molecule is O=C(CN1CCCOc2ccccc21)c1ccc(Cl)s1. The third-order valence-corrected chi connectivity index (χ3v) is 4.49. The van der Waals surface area contributed by atoms with Crippen molar-refractivity contribution in [2.75, 3.05) is 24.6 Å². The Bertz CT molecular complexity index is 626. The Hall–Kier alpha value is -1.52. The van der Waals surface area contributed by atoms with Gasteiger partial charge in [0.25, 0.3) is 0 Å². The molecule has 5 heteroatoms. The van der Waals surface area contributed by atoms with Crippen LogP contribution in [0.5, 0.6) is 5.75 Å². The van der Waals surface area contributed by atoms with Crippen LogP contribution in [0.15, 0.2) is 36.4 Å². The van der Waals surface area contributed by atoms with E-state index >= 15 is 0 Å². The predicted octanol–water partition coefficient (Wildman–Crippen LogP) is 3.87. The Morgan fingerprint density at radius 1 is 1.30 bits per heavy atom. The van der Waals surface area contributed by atoms with Gasteiger partial charge in [-0.3, -0.25) is 4.79 Å². The molecular formula is C15H14ClNO2S. The highest BCUT2D eigenvalue weighted by Gasteiger charge is 2.19. The summed E-state index contributed by atoms with van der Waals surface area (Å²) in [6.07, 6.45) is 0.910. The monoisotopic (exact) mass is 307 g/mol. The van der Waals surface area contributed by atoms with Gasteiger partial charge in [0.05, 0.1) is 28.1 Å². The van der Waals surface area contributed by atoms with Crippen LogP contribution in [0.25, 0.3) is 0 Å². The first-order valence-electron chi connectivity index (χ1n) is 6.49. The van der Waals surface area contributed by atoms with Gasteiger partial charge in [-0.15, -0.1) is 11.3 Å². The maximum Gasteiger partial charge on any atom is 0.192 e. The summed E-state index contributed by atoms with van der Waals surface area (Å²) in [6, 6.07) is 11.4. The molecule has 0 N–H and O–H groups in total. The number of fused-ring (bicyclic) bond motifs is 1. The van der Waals surface area contributed by atoms with Crippen molar-refractivity contribution in [1.82, 2.24) is 0 Å². The van der Waals surface area contributed by atoms with E-state index in [4.69, 9.17) is 16.3 Å². The van der Waals surface area contributed by atoms with Gasteiger partial charge in [0.2, 0.25) is 0 Å². The van der Waals surface area contributed by atoms with Crippen LogP contribution in [0.4, 0.5) is 5.69 Å². The number of nitrogens with zero attached hydrogens (tertiary/aromatic N) is 1. The number of hydrogen-bond acceptors (Lipinski definition) is 4. The summed E-state index contributed by atoms with van der Waals surface area (Å²) in [6.45, 7) is 1.87. The summed E-state index contributed by atoms with van der Waals surface area (Å²) in [5.74, 6) is 0.945. The van der Waals surface area contributed by atoms with E-state index in [1.165, 1.54) is 11.3 Å². The molecule has 0 fully saturated rings. The molecular weight excluding hydrogens is 294 g/mol. The van der Waals surface area contributed by atoms with Gasteiger partial charge < -0.3 is 9.64 Å². The number of halogens is 1. The molecule has 0 bridgehead atoms. The quantitative estimate of drug-likeness (QED) is 0.806. The largest absolute Gasteiger partial charge is 0.491 e. The van der Waals surface area contributed by atoms with Crippen LogP contribution in [0.2, 0.25) is 4.34 Å². The maximum atomic E-state index is 12.3. The molecule has 1 aromatic heterocycles. The molecule has 0 spiro atoms. The van der Waals surface area contributed by atoms with Crippen molar-refractivity contribution in [3.63, 3.8) is 0 Å². The number of anilines is 1. The number of hydrogen-bond donors (Lipinski definition) is 0. The Balaban J connectivity index is 1.82. The van der Waals surface area contributed by atoms with Crippen molar-refractivity contribution in [2.45, 2.75) is 6.42 Å². The Morgan fingerprint density at radius 3 is 2.95 bits per heavy atom. The fourth-order valence-electron chi connectivity index (χ4n) is 2.28. The fourth-order valence-corrected chi connectivity index (χ4v) is 3.25. The number of ketones is 1. The molecule has 3 rings (SSSR count). The molecule has 0 saturated carbocycles. The van der Waals surface area contributed by atoms with Crippen LogP contribution in [0, 0.1) is 0 Å². The number of carbonyl (C=O) groups is 1. The van der Waals surface area contributed by atoms with E-state index in [-0.39, 0.29) is 5.78 Å². The van der Waals surface area contributed by atoms with Crippen LogP contribution in [0.3, 0.4) is 0 Å². The van der Waals surface area contributed by atoms with Crippen molar-refractivity contribution < 1.29 is 9.53 Å². The zero-order valence-corrected chi connectivity index (χ0v) is 12.4. The zero-order chi connectivity index (χ0) is 13.9. The van der Waals surface area contributed by atoms with Crippen LogP contribution < -0.4 is 9.64 Å². The highest BCUT2D eigenvalue weighted by Crippen LogP contribution is 2.31. The van der Waals surface area contributed by atoms with Crippen LogP contribution >= 0.6 is 22.9 Å². The fraction of sp³-hybridized carbons (Fsp3) is 0.267. The van der Waals surface area contributed by atoms with Gasteiger partial charge in [-0.25, -0.2) is 0 Å². The summed E-state index contributed by atoms with van der Waals surface area (Å²) >= 11 is 7.22. The van der Waals surface area contributed by atoms with Gasteiger partial charge >= 0.3 is 0 Å². The lowest BCUT2D eigenvalue weighted by atomic mass is 10.2. The lowest BCUT2D eigenvalue weighted by Crippen LogP contribution is -2.30. The van der Waals surface area contributed by atoms with Crippen LogP contribution in [0.1, 0.15) is 16.1 Å². The molecule has 2 heterocycles. The van der Waals surface area contributed by atoms with Gasteiger partial charge in [-0.05, 0) is 30.7 Å². The molecule has 20 heavy (non-hydrogen) atoms. The molecule has 0 saturated heterocycles. The smallest absolute Gasteiger partial charge is 0.192 e. The number of thiophene rings is 1. The lowest BCUT2D eigenvalue weighted by molar-refractivity contribution is 0.100. The molecule has 1 aliphatic heterocycles. The second-order valence-electron chi connectivity index (χ2n) is 4.62. The number of carbonyl (C=O) groups excluding carboxylic acids is 1. The van der Waals surface area contributed by atoms with Crippen molar-refractivity contribution in [2.24, 2.45) is 0 Å². The predicted molar refractivity (Wildman–Crippen MR) is 82.4 cm³/mol. The third-order valence-electron chi connectivity index (χ3n) is 3.22. The summed E-state index contributed by atoms with van der Waals surface area (Å²) in [7, 11) is 0. The van der Waals surface area contributed by atoms with Gasteiger partial charge in [0.1, 0.15) is 5.75 Å². The highest BCUT2D eigenvalue weighted by molar-refractivity contribution is 7.18. The van der Waals surface area contributed by atoms with Crippen LogP contribution in [-0.2, 0) is 0 Å². The Labute approximate surface area is 126 Å². The average Bonchev–Trinajstić information content (AvgIpc) is 2.79. The minimum atomic E-state index is 0.0959. The minimum absolute atomic E-state index is 0.0959. The third kappa shape index (κ3) is 2.81.